The number of nitrogens with one attached hydrogen (secondary N) is 8. The van der Waals surface area contributed by atoms with Gasteiger partial charge in [-0.2, -0.15) is 0 Å². The first-order valence-corrected chi connectivity index (χ1v) is 42.6. The number of ether oxygens (including phenoxy) is 2. The Bertz CT molecular complexity index is 6120. The van der Waals surface area contributed by atoms with E-state index in [2.05, 4.69) is 124 Å². The molecular formula is C94H80Br2Cl2F4N20O10. The monoisotopic (exact) mass is 1950 g/mol. The van der Waals surface area contributed by atoms with Gasteiger partial charge in [0.2, 0.25) is 0 Å². The van der Waals surface area contributed by atoms with Crippen LogP contribution in [0.25, 0.3) is 0 Å². The zero-order valence-electron chi connectivity index (χ0n) is 71.1. The number of aromatic nitrogens is 4. The summed E-state index contributed by atoms with van der Waals surface area (Å²) in [7, 11) is 10.7. The second-order valence-corrected chi connectivity index (χ2v) is 32.0. The molecule has 0 saturated heterocycles. The lowest BCUT2D eigenvalue weighted by atomic mass is 10.1. The molecule has 8 N–H and O–H groups in total. The minimum absolute atomic E-state index is 0.0104. The second-order valence-electron chi connectivity index (χ2n) is 29.3. The normalized spacial score (nSPS) is 12.9. The van der Waals surface area contributed by atoms with Crippen LogP contribution in [0.5, 0.6) is 11.5 Å². The van der Waals surface area contributed by atoms with Crippen molar-refractivity contribution in [2.24, 2.45) is 20.0 Å². The molecule has 38 heteroatoms. The fourth-order valence-electron chi connectivity index (χ4n) is 13.4. The van der Waals surface area contributed by atoms with Crippen molar-refractivity contribution in [3.8, 4) is 11.5 Å². The number of pyridine rings is 4. The molecule has 0 radical (unpaired) electrons. The number of anilines is 8. The van der Waals surface area contributed by atoms with Gasteiger partial charge < -0.3 is 71.6 Å². The molecule has 4 aliphatic rings. The highest BCUT2D eigenvalue weighted by Crippen LogP contribution is 2.31. The second kappa shape index (κ2) is 43.8. The largest absolute Gasteiger partial charge is 0.497 e. The van der Waals surface area contributed by atoms with Gasteiger partial charge in [-0.15, -0.1) is 0 Å². The van der Waals surface area contributed by atoms with Crippen LogP contribution < -0.4 is 52.0 Å². The summed E-state index contributed by atoms with van der Waals surface area (Å²) in [6.45, 7) is 6.02. The summed E-state index contributed by atoms with van der Waals surface area (Å²) < 4.78 is 69.2. The Balaban J connectivity index is 0.000000150. The predicted molar refractivity (Wildman–Crippen MR) is 507 cm³/mol. The standard InChI is InChI=1S/C24H22BrN5O3.C24H22ClN5O3.C23H18BrF2N5O2.C23H18ClF2N5O2/c2*1-30-12-11-26-22(30)15-3-5-16(6-4-15)23(31)28-20-9-8-18(33-2)13-19(20)24(32)29-21-10-7-17(25)14-27-21;2*1-31-9-8-27-21(31)13-2-5-16(18(26)10-13)22(32)29-19-6-4-15(25)11-17(19)23(33)30-20-7-3-14(24)12-28-20/h2*3-10,13-14H,11-12H2,1-2H3,(H,28,31)(H,27,29,32);2*2-7,10-12H,8-9H2,1H3,(H,29,32)(H,28,30,33). The molecule has 132 heavy (non-hydrogen) atoms. The first kappa shape index (κ1) is 94.5. The van der Waals surface area contributed by atoms with E-state index in [1.54, 1.807) is 115 Å². The van der Waals surface area contributed by atoms with Gasteiger partial charge in [-0.05, 0) is 202 Å². The number of aliphatic imine (C=N–C) groups is 4. The SMILES string of the molecule is CN1CCN=C1c1ccc(C(=O)Nc2ccc(F)cc2C(=O)Nc2ccc(Br)cn2)c(F)c1.CN1CCN=C1c1ccc(C(=O)Nc2ccc(F)cc2C(=O)Nc2ccc(Cl)cn2)c(F)c1.COc1ccc(NC(=O)c2ccc(C3=NCCN3C)cc2)c(C(=O)Nc2ccc(Br)cn2)c1.COc1ccc(NC(=O)c2ccc(C3=NCCN3C)cc2)c(C(=O)Nc2ccc(Cl)cn2)c1. The third kappa shape index (κ3) is 24.4. The quantitative estimate of drug-likeness (QED) is 0.0292. The predicted octanol–water partition coefficient (Wildman–Crippen LogP) is 16.5. The van der Waals surface area contributed by atoms with Crippen LogP contribution in [-0.2, 0) is 0 Å². The van der Waals surface area contributed by atoms with Gasteiger partial charge in [-0.25, -0.2) is 37.5 Å². The number of rotatable bonds is 22. The van der Waals surface area contributed by atoms with E-state index < -0.39 is 58.7 Å². The molecule has 4 aromatic heterocycles. The lowest BCUT2D eigenvalue weighted by Crippen LogP contribution is -2.24. The molecule has 0 bridgehead atoms. The summed E-state index contributed by atoms with van der Waals surface area (Å²) >= 11 is 18.2. The van der Waals surface area contributed by atoms with Crippen LogP contribution in [0.3, 0.4) is 0 Å². The molecule has 0 atom stereocenters. The summed E-state index contributed by atoms with van der Waals surface area (Å²) in [6, 6.07) is 52.0. The van der Waals surface area contributed by atoms with E-state index in [4.69, 9.17) is 32.7 Å². The third-order valence-electron chi connectivity index (χ3n) is 20.3. The third-order valence-corrected chi connectivity index (χ3v) is 21.6. The highest BCUT2D eigenvalue weighted by molar-refractivity contribution is 9.10. The van der Waals surface area contributed by atoms with Crippen LogP contribution >= 0.6 is 55.1 Å². The number of halogens is 8. The van der Waals surface area contributed by atoms with E-state index in [1.807, 2.05) is 62.3 Å². The van der Waals surface area contributed by atoms with E-state index in [0.29, 0.717) is 91.6 Å². The number of methoxy groups -OCH3 is 2. The van der Waals surface area contributed by atoms with E-state index in [-0.39, 0.29) is 68.2 Å². The first-order valence-electron chi connectivity index (χ1n) is 40.3. The van der Waals surface area contributed by atoms with Crippen molar-refractivity contribution >= 4 is 172 Å². The average Bonchev–Trinajstić information content (AvgIpc) is 1.38. The molecule has 4 aliphatic heterocycles. The van der Waals surface area contributed by atoms with Crippen LogP contribution in [0.1, 0.15) is 105 Å². The number of hydrogen-bond donors (Lipinski definition) is 8. The van der Waals surface area contributed by atoms with E-state index in [1.165, 1.54) is 81.3 Å². The van der Waals surface area contributed by atoms with Crippen molar-refractivity contribution in [3.63, 3.8) is 0 Å². The molecule has 0 saturated carbocycles. The van der Waals surface area contributed by atoms with Crippen molar-refractivity contribution in [1.29, 1.82) is 0 Å². The van der Waals surface area contributed by atoms with Crippen LogP contribution in [0.15, 0.2) is 260 Å². The van der Waals surface area contributed by atoms with Crippen molar-refractivity contribution in [1.82, 2.24) is 39.5 Å². The molecule has 8 amide bonds. The number of likely N-dealkylation sites (N-methyl/N-ethyl adjacent to an activating group) is 4. The Labute approximate surface area is 780 Å². The maximum Gasteiger partial charge on any atom is 0.259 e. The van der Waals surface area contributed by atoms with Gasteiger partial charge in [0.15, 0.2) is 0 Å². The van der Waals surface area contributed by atoms with E-state index in [9.17, 15) is 55.9 Å². The smallest absolute Gasteiger partial charge is 0.259 e. The molecule has 0 fully saturated rings. The van der Waals surface area contributed by atoms with Gasteiger partial charge in [0.25, 0.3) is 47.3 Å². The maximum absolute atomic E-state index is 14.7. The van der Waals surface area contributed by atoms with Crippen molar-refractivity contribution in [2.45, 2.75) is 0 Å². The fraction of sp³-hybridized carbons (Fsp3) is 0.149. The molecule has 0 unspecified atom stereocenters. The zero-order valence-corrected chi connectivity index (χ0v) is 75.8. The Hall–Kier alpha value is -15.1. The van der Waals surface area contributed by atoms with Crippen molar-refractivity contribution in [3.05, 3.63) is 340 Å². The Kier molecular flexibility index (Phi) is 31.3. The molecule has 0 aliphatic carbocycles. The summed E-state index contributed by atoms with van der Waals surface area (Å²) in [4.78, 5) is 144. The summed E-state index contributed by atoms with van der Waals surface area (Å²) in [6.07, 6.45) is 5.85. The first-order chi connectivity index (χ1) is 63.5. The van der Waals surface area contributed by atoms with E-state index in [0.717, 1.165) is 95.3 Å². The van der Waals surface area contributed by atoms with Gasteiger partial charge in [0, 0.05) is 121 Å². The number of carbonyl (C=O) groups is 8. The van der Waals surface area contributed by atoms with Gasteiger partial charge in [-0.3, -0.25) is 58.3 Å². The summed E-state index contributed by atoms with van der Waals surface area (Å²) in [5.74, 6) is -2.07. The molecule has 0 spiro atoms. The van der Waals surface area contributed by atoms with Gasteiger partial charge in [0.1, 0.15) is 81.4 Å². The van der Waals surface area contributed by atoms with Gasteiger partial charge in [-0.1, -0.05) is 59.6 Å². The Morgan fingerprint density at radius 2 is 0.591 bits per heavy atom. The number of carbonyl (C=O) groups excluding carboxylic acids is 8. The highest BCUT2D eigenvalue weighted by atomic mass is 79.9. The number of nitrogens with zero attached hydrogens (tertiary/aromatic N) is 12. The average molecular weight is 1960 g/mol. The van der Waals surface area contributed by atoms with Crippen LogP contribution in [-0.4, -0.2) is 205 Å². The lowest BCUT2D eigenvalue weighted by Gasteiger charge is -2.15. The van der Waals surface area contributed by atoms with Gasteiger partial charge >= 0.3 is 0 Å². The Morgan fingerprint density at radius 3 is 0.871 bits per heavy atom. The molecular weight excluding hydrogens is 1880 g/mol. The number of amides is 8. The molecule has 8 heterocycles. The fourth-order valence-corrected chi connectivity index (χ4v) is 14.1. The lowest BCUT2D eigenvalue weighted by molar-refractivity contribution is 0.100. The molecule has 672 valence electrons. The van der Waals surface area contributed by atoms with Crippen molar-refractivity contribution < 1.29 is 65.4 Å². The van der Waals surface area contributed by atoms with Crippen LogP contribution in [0.4, 0.5) is 63.6 Å². The summed E-state index contributed by atoms with van der Waals surface area (Å²) in [5.41, 5.74) is 4.46. The molecule has 8 aromatic carbocycles. The van der Waals surface area contributed by atoms with Gasteiger partial charge in [0.05, 0.1) is 107 Å². The maximum atomic E-state index is 14.7. The van der Waals surface area contributed by atoms with Crippen LogP contribution in [0, 0.1) is 23.3 Å². The minimum atomic E-state index is -0.786. The minimum Gasteiger partial charge on any atom is -0.497 e. The van der Waals surface area contributed by atoms with Crippen LogP contribution in [0.2, 0.25) is 10.0 Å². The summed E-state index contributed by atoms with van der Waals surface area (Å²) in [5, 5.41) is 21.9. The molecule has 30 nitrogen and oxygen atoms in total. The molecule has 12 aromatic rings. The highest BCUT2D eigenvalue weighted by Gasteiger charge is 2.27. The zero-order chi connectivity index (χ0) is 93.8. The van der Waals surface area contributed by atoms with E-state index >= 15 is 0 Å². The number of benzene rings is 8. The molecule has 16 rings (SSSR count). The van der Waals surface area contributed by atoms with Crippen molar-refractivity contribution in [2.75, 3.05) is 137 Å². The number of amidine groups is 4. The number of hydrogen-bond acceptors (Lipinski definition) is 22. The topological polar surface area (TPSA) is 365 Å². The Morgan fingerprint density at radius 1 is 0.311 bits per heavy atom.